The van der Waals surface area contributed by atoms with Crippen LogP contribution >= 0.6 is 0 Å². The second kappa shape index (κ2) is 8.84. The predicted octanol–water partition coefficient (Wildman–Crippen LogP) is 1.97. The topological polar surface area (TPSA) is 69.7 Å². The van der Waals surface area contributed by atoms with Crippen LogP contribution in [0, 0.1) is 17.6 Å². The summed E-state index contributed by atoms with van der Waals surface area (Å²) in [6.07, 6.45) is 4.62. The molecule has 3 rings (SSSR count). The first-order valence-corrected chi connectivity index (χ1v) is 11.2. The Bertz CT molecular complexity index is 790. The van der Waals surface area contributed by atoms with Crippen molar-refractivity contribution in [1.82, 2.24) is 14.5 Å². The Kier molecular flexibility index (Phi) is 6.67. The first kappa shape index (κ1) is 21.1. The Morgan fingerprint density at radius 2 is 1.71 bits per heavy atom. The number of carbonyl (C=O) groups excluding carboxylic acids is 1. The zero-order valence-corrected chi connectivity index (χ0v) is 16.9. The highest BCUT2D eigenvalue weighted by Gasteiger charge is 2.34. The van der Waals surface area contributed by atoms with Crippen molar-refractivity contribution >= 4 is 15.9 Å². The van der Waals surface area contributed by atoms with Gasteiger partial charge in [-0.3, -0.25) is 4.79 Å². The summed E-state index contributed by atoms with van der Waals surface area (Å²) in [7, 11) is -4.28. The van der Waals surface area contributed by atoms with Gasteiger partial charge >= 0.3 is 0 Å². The highest BCUT2D eigenvalue weighted by atomic mass is 32.2. The first-order chi connectivity index (χ1) is 13.3. The van der Waals surface area contributed by atoms with Crippen molar-refractivity contribution in [3.8, 4) is 0 Å². The SMILES string of the molecule is CC1CCCCC1NCC(=O)N1CCN(S(=O)(=O)c2c(F)cccc2F)CC1. The van der Waals surface area contributed by atoms with Crippen LogP contribution in [0.25, 0.3) is 0 Å². The maximum atomic E-state index is 13.9. The van der Waals surface area contributed by atoms with Gasteiger partial charge in [0.2, 0.25) is 15.9 Å². The van der Waals surface area contributed by atoms with Crippen molar-refractivity contribution in [2.24, 2.45) is 5.92 Å². The van der Waals surface area contributed by atoms with E-state index in [9.17, 15) is 22.0 Å². The maximum absolute atomic E-state index is 13.9. The molecular weight excluding hydrogens is 388 g/mol. The Labute approximate surface area is 164 Å². The minimum atomic E-state index is -4.28. The van der Waals surface area contributed by atoms with Crippen LogP contribution in [0.1, 0.15) is 32.6 Å². The lowest BCUT2D eigenvalue weighted by atomic mass is 9.86. The van der Waals surface area contributed by atoms with Gasteiger partial charge in [0.15, 0.2) is 4.90 Å². The molecule has 1 N–H and O–H groups in total. The number of rotatable bonds is 5. The van der Waals surface area contributed by atoms with Gasteiger partial charge in [0.05, 0.1) is 6.54 Å². The molecule has 1 aliphatic heterocycles. The molecule has 0 spiro atoms. The summed E-state index contributed by atoms with van der Waals surface area (Å²) in [6.45, 7) is 2.85. The summed E-state index contributed by atoms with van der Waals surface area (Å²) in [5.41, 5.74) is 0. The van der Waals surface area contributed by atoms with Gasteiger partial charge in [-0.25, -0.2) is 17.2 Å². The van der Waals surface area contributed by atoms with Crippen LogP contribution in [0.2, 0.25) is 0 Å². The molecule has 1 saturated heterocycles. The van der Waals surface area contributed by atoms with Crippen LogP contribution in [0.5, 0.6) is 0 Å². The smallest absolute Gasteiger partial charge is 0.249 e. The number of hydrogen-bond donors (Lipinski definition) is 1. The van der Waals surface area contributed by atoms with Crippen molar-refractivity contribution in [2.45, 2.75) is 43.5 Å². The van der Waals surface area contributed by atoms with E-state index >= 15 is 0 Å². The standard InChI is InChI=1S/C19H27F2N3O3S/c1-14-5-2-3-8-17(14)22-13-18(25)23-9-11-24(12-10-23)28(26,27)19-15(20)6-4-7-16(19)21/h4,6-7,14,17,22H,2-3,5,8-13H2,1H3. The van der Waals surface area contributed by atoms with Gasteiger partial charge in [-0.1, -0.05) is 25.8 Å². The van der Waals surface area contributed by atoms with Crippen LogP contribution in [0.4, 0.5) is 8.78 Å². The fraction of sp³-hybridized carbons (Fsp3) is 0.632. The quantitative estimate of drug-likeness (QED) is 0.798. The van der Waals surface area contributed by atoms with Gasteiger partial charge in [0.25, 0.3) is 0 Å². The molecule has 28 heavy (non-hydrogen) atoms. The summed E-state index contributed by atoms with van der Waals surface area (Å²) in [6, 6.07) is 3.31. The molecule has 2 fully saturated rings. The van der Waals surface area contributed by atoms with Gasteiger partial charge in [0, 0.05) is 32.2 Å². The average molecular weight is 416 g/mol. The van der Waals surface area contributed by atoms with E-state index in [1.807, 2.05) is 0 Å². The number of benzene rings is 1. The fourth-order valence-electron chi connectivity index (χ4n) is 3.99. The molecule has 6 nitrogen and oxygen atoms in total. The number of amides is 1. The van der Waals surface area contributed by atoms with Crippen molar-refractivity contribution in [3.63, 3.8) is 0 Å². The molecule has 1 aromatic rings. The molecule has 0 bridgehead atoms. The lowest BCUT2D eigenvalue weighted by molar-refractivity contribution is -0.131. The van der Waals surface area contributed by atoms with Gasteiger partial charge in [-0.15, -0.1) is 0 Å². The predicted molar refractivity (Wildman–Crippen MR) is 101 cm³/mol. The fourth-order valence-corrected chi connectivity index (χ4v) is 5.52. The molecule has 1 aliphatic carbocycles. The summed E-state index contributed by atoms with van der Waals surface area (Å²) in [4.78, 5) is 13.1. The minimum absolute atomic E-state index is 0.0156. The largest absolute Gasteiger partial charge is 0.339 e. The minimum Gasteiger partial charge on any atom is -0.339 e. The van der Waals surface area contributed by atoms with Gasteiger partial charge in [-0.05, 0) is 30.9 Å². The molecule has 2 atom stereocenters. The lowest BCUT2D eigenvalue weighted by Crippen LogP contribution is -2.53. The number of nitrogens with zero attached hydrogens (tertiary/aromatic N) is 2. The van der Waals surface area contributed by atoms with E-state index in [1.165, 1.54) is 12.8 Å². The highest BCUT2D eigenvalue weighted by Crippen LogP contribution is 2.25. The van der Waals surface area contributed by atoms with Gasteiger partial charge in [0.1, 0.15) is 11.6 Å². The zero-order valence-electron chi connectivity index (χ0n) is 16.0. The van der Waals surface area contributed by atoms with E-state index in [4.69, 9.17) is 0 Å². The van der Waals surface area contributed by atoms with E-state index in [-0.39, 0.29) is 38.6 Å². The van der Waals surface area contributed by atoms with E-state index in [0.29, 0.717) is 12.0 Å². The second-order valence-electron chi connectivity index (χ2n) is 7.58. The number of hydrogen-bond acceptors (Lipinski definition) is 4. The Hall–Kier alpha value is -1.58. The molecule has 0 aromatic heterocycles. The second-order valence-corrected chi connectivity index (χ2v) is 9.46. The normalized spacial score (nSPS) is 24.3. The Balaban J connectivity index is 1.56. The van der Waals surface area contributed by atoms with Crippen LogP contribution in [-0.2, 0) is 14.8 Å². The summed E-state index contributed by atoms with van der Waals surface area (Å²) in [5, 5.41) is 3.33. The number of carbonyl (C=O) groups is 1. The van der Waals surface area contributed by atoms with Crippen molar-refractivity contribution in [2.75, 3.05) is 32.7 Å². The highest BCUT2D eigenvalue weighted by molar-refractivity contribution is 7.89. The average Bonchev–Trinajstić information content (AvgIpc) is 2.67. The maximum Gasteiger partial charge on any atom is 0.249 e. The van der Waals surface area contributed by atoms with Crippen LogP contribution in [0.3, 0.4) is 0 Å². The third-order valence-electron chi connectivity index (χ3n) is 5.74. The summed E-state index contributed by atoms with van der Waals surface area (Å²) in [5.74, 6) is -1.75. The molecule has 1 saturated carbocycles. The van der Waals surface area contributed by atoms with Gasteiger partial charge in [-0.2, -0.15) is 4.31 Å². The monoisotopic (exact) mass is 415 g/mol. The van der Waals surface area contributed by atoms with E-state index in [1.54, 1.807) is 4.90 Å². The third kappa shape index (κ3) is 4.52. The lowest BCUT2D eigenvalue weighted by Gasteiger charge is -2.35. The number of halogens is 2. The molecule has 2 aliphatic rings. The molecule has 156 valence electrons. The van der Waals surface area contributed by atoms with Crippen LogP contribution < -0.4 is 5.32 Å². The molecule has 0 radical (unpaired) electrons. The third-order valence-corrected chi connectivity index (χ3v) is 7.69. The molecule has 1 amide bonds. The molecule has 1 aromatic carbocycles. The molecule has 2 unspecified atom stereocenters. The van der Waals surface area contributed by atoms with Crippen molar-refractivity contribution in [1.29, 1.82) is 0 Å². The number of nitrogens with one attached hydrogen (secondary N) is 1. The molecule has 9 heteroatoms. The Morgan fingerprint density at radius 1 is 1.11 bits per heavy atom. The van der Waals surface area contributed by atoms with E-state index in [0.717, 1.165) is 35.3 Å². The van der Waals surface area contributed by atoms with Crippen molar-refractivity contribution in [3.05, 3.63) is 29.8 Å². The Morgan fingerprint density at radius 3 is 2.32 bits per heavy atom. The van der Waals surface area contributed by atoms with E-state index < -0.39 is 26.6 Å². The molecular formula is C19H27F2N3O3S. The van der Waals surface area contributed by atoms with E-state index in [2.05, 4.69) is 12.2 Å². The van der Waals surface area contributed by atoms with Crippen molar-refractivity contribution < 1.29 is 22.0 Å². The van der Waals surface area contributed by atoms with Crippen LogP contribution in [0.15, 0.2) is 23.1 Å². The number of sulfonamides is 1. The molecule has 1 heterocycles. The summed E-state index contributed by atoms with van der Waals surface area (Å²) < 4.78 is 54.0. The van der Waals surface area contributed by atoms with Crippen LogP contribution in [-0.4, -0.2) is 62.3 Å². The zero-order chi connectivity index (χ0) is 20.3. The van der Waals surface area contributed by atoms with Gasteiger partial charge < -0.3 is 10.2 Å². The number of piperazine rings is 1. The first-order valence-electron chi connectivity index (χ1n) is 9.76. The summed E-state index contributed by atoms with van der Waals surface area (Å²) >= 11 is 0.